The SMILES string of the molecule is Cn1c(=S)[nH]c2cc(C(=O)NCC3CCCCC3O)ccc2c1=O. The molecule has 0 saturated heterocycles. The highest BCUT2D eigenvalue weighted by atomic mass is 32.1. The van der Waals surface area contributed by atoms with Crippen molar-refractivity contribution in [2.45, 2.75) is 31.8 Å². The lowest BCUT2D eigenvalue weighted by Crippen LogP contribution is -2.36. The van der Waals surface area contributed by atoms with E-state index in [9.17, 15) is 14.7 Å². The number of carbonyl (C=O) groups excluding carboxylic acids is 1. The molecule has 1 amide bonds. The molecule has 2 unspecified atom stereocenters. The number of H-pyrrole nitrogens is 1. The van der Waals surface area contributed by atoms with Gasteiger partial charge in [0.25, 0.3) is 11.5 Å². The van der Waals surface area contributed by atoms with Crippen molar-refractivity contribution in [3.8, 4) is 0 Å². The molecule has 0 bridgehead atoms. The van der Waals surface area contributed by atoms with Crippen LogP contribution < -0.4 is 10.9 Å². The Hall–Kier alpha value is -1.99. The molecule has 1 heterocycles. The maximum Gasteiger partial charge on any atom is 0.261 e. The highest BCUT2D eigenvalue weighted by Gasteiger charge is 2.23. The molecule has 3 N–H and O–H groups in total. The van der Waals surface area contributed by atoms with E-state index in [4.69, 9.17) is 12.2 Å². The Labute approximate surface area is 144 Å². The van der Waals surface area contributed by atoms with Gasteiger partial charge < -0.3 is 15.4 Å². The van der Waals surface area contributed by atoms with E-state index in [-0.39, 0.29) is 23.5 Å². The van der Waals surface area contributed by atoms with Crippen molar-refractivity contribution in [1.82, 2.24) is 14.9 Å². The number of aliphatic hydroxyl groups is 1. The van der Waals surface area contributed by atoms with Crippen LogP contribution in [0.15, 0.2) is 23.0 Å². The predicted octanol–water partition coefficient (Wildman–Crippen LogP) is 1.88. The first-order chi connectivity index (χ1) is 11.5. The summed E-state index contributed by atoms with van der Waals surface area (Å²) < 4.78 is 1.68. The number of amides is 1. The van der Waals surface area contributed by atoms with Crippen LogP contribution in [-0.4, -0.2) is 33.2 Å². The number of aromatic amines is 1. The summed E-state index contributed by atoms with van der Waals surface area (Å²) in [6.45, 7) is 0.463. The number of aromatic nitrogens is 2. The van der Waals surface area contributed by atoms with Gasteiger partial charge in [0, 0.05) is 25.1 Å². The largest absolute Gasteiger partial charge is 0.393 e. The molecular weight excluding hydrogens is 326 g/mol. The average molecular weight is 347 g/mol. The van der Waals surface area contributed by atoms with Gasteiger partial charge in [-0.3, -0.25) is 14.2 Å². The van der Waals surface area contributed by atoms with Gasteiger partial charge >= 0.3 is 0 Å². The summed E-state index contributed by atoms with van der Waals surface area (Å²) >= 11 is 5.11. The molecule has 1 fully saturated rings. The Morgan fingerprint density at radius 1 is 1.42 bits per heavy atom. The Bertz CT molecular complexity index is 887. The van der Waals surface area contributed by atoms with Gasteiger partial charge in [-0.2, -0.15) is 0 Å². The molecule has 1 aromatic heterocycles. The Morgan fingerprint density at radius 2 is 2.17 bits per heavy atom. The number of aliphatic hydroxyl groups excluding tert-OH is 1. The second kappa shape index (κ2) is 6.86. The van der Waals surface area contributed by atoms with E-state index in [0.717, 1.165) is 25.7 Å². The van der Waals surface area contributed by atoms with Gasteiger partial charge in [0.05, 0.1) is 17.0 Å². The number of rotatable bonds is 3. The fraction of sp³-hybridized carbons (Fsp3) is 0.471. The van der Waals surface area contributed by atoms with Crippen molar-refractivity contribution in [3.63, 3.8) is 0 Å². The zero-order chi connectivity index (χ0) is 17.3. The fourth-order valence-corrected chi connectivity index (χ4v) is 3.39. The van der Waals surface area contributed by atoms with Crippen molar-refractivity contribution < 1.29 is 9.90 Å². The van der Waals surface area contributed by atoms with Gasteiger partial charge in [-0.15, -0.1) is 0 Å². The number of benzene rings is 1. The number of fused-ring (bicyclic) bond motifs is 1. The Kier molecular flexibility index (Phi) is 4.82. The van der Waals surface area contributed by atoms with E-state index >= 15 is 0 Å². The average Bonchev–Trinajstić information content (AvgIpc) is 2.58. The molecule has 1 aliphatic rings. The molecule has 1 saturated carbocycles. The first kappa shape index (κ1) is 16.9. The normalized spacial score (nSPS) is 20.9. The summed E-state index contributed by atoms with van der Waals surface area (Å²) in [5.41, 5.74) is 0.825. The lowest BCUT2D eigenvalue weighted by atomic mass is 9.86. The number of hydrogen-bond donors (Lipinski definition) is 3. The smallest absolute Gasteiger partial charge is 0.261 e. The van der Waals surface area contributed by atoms with Gasteiger partial charge in [0.2, 0.25) is 0 Å². The molecule has 128 valence electrons. The van der Waals surface area contributed by atoms with Gasteiger partial charge in [-0.1, -0.05) is 12.8 Å². The highest BCUT2D eigenvalue weighted by molar-refractivity contribution is 7.71. The minimum atomic E-state index is -0.338. The van der Waals surface area contributed by atoms with Gasteiger partial charge in [0.15, 0.2) is 4.77 Å². The lowest BCUT2D eigenvalue weighted by Gasteiger charge is -2.27. The molecule has 1 aliphatic carbocycles. The zero-order valence-corrected chi connectivity index (χ0v) is 14.4. The monoisotopic (exact) mass is 347 g/mol. The Morgan fingerprint density at radius 3 is 2.92 bits per heavy atom. The van der Waals surface area contributed by atoms with Crippen molar-refractivity contribution >= 4 is 29.0 Å². The van der Waals surface area contributed by atoms with Crippen LogP contribution >= 0.6 is 12.2 Å². The van der Waals surface area contributed by atoms with E-state index < -0.39 is 0 Å². The summed E-state index contributed by atoms with van der Waals surface area (Å²) in [6, 6.07) is 4.90. The summed E-state index contributed by atoms with van der Waals surface area (Å²) in [6.07, 6.45) is 3.53. The molecule has 7 heteroatoms. The van der Waals surface area contributed by atoms with Crippen LogP contribution in [0, 0.1) is 10.7 Å². The molecule has 2 atom stereocenters. The first-order valence-electron chi connectivity index (χ1n) is 8.16. The molecule has 0 spiro atoms. The van der Waals surface area contributed by atoms with Gasteiger partial charge in [-0.25, -0.2) is 0 Å². The van der Waals surface area contributed by atoms with E-state index in [1.807, 2.05) is 0 Å². The second-order valence-corrected chi connectivity index (χ2v) is 6.76. The standard InChI is InChI=1S/C17H21N3O3S/c1-20-16(23)12-7-6-10(8-13(12)19-17(20)24)15(22)18-9-11-4-2-3-5-14(11)21/h6-8,11,14,21H,2-5,9H2,1H3,(H,18,22)(H,19,24). The third-order valence-electron chi connectivity index (χ3n) is 4.76. The predicted molar refractivity (Wildman–Crippen MR) is 94.7 cm³/mol. The maximum absolute atomic E-state index is 12.4. The van der Waals surface area contributed by atoms with Crippen LogP contribution in [0.25, 0.3) is 10.9 Å². The van der Waals surface area contributed by atoms with Crippen molar-refractivity contribution in [1.29, 1.82) is 0 Å². The van der Waals surface area contributed by atoms with Crippen LogP contribution in [-0.2, 0) is 7.05 Å². The van der Waals surface area contributed by atoms with Gasteiger partial charge in [0.1, 0.15) is 0 Å². The number of nitrogens with zero attached hydrogens (tertiary/aromatic N) is 1. The van der Waals surface area contributed by atoms with Crippen molar-refractivity contribution in [3.05, 3.63) is 38.9 Å². The summed E-state index contributed by atoms with van der Waals surface area (Å²) in [7, 11) is 1.61. The van der Waals surface area contributed by atoms with E-state index in [1.165, 1.54) is 4.57 Å². The summed E-state index contributed by atoms with van der Waals surface area (Å²) in [5, 5.41) is 13.3. The second-order valence-electron chi connectivity index (χ2n) is 6.38. The summed E-state index contributed by atoms with van der Waals surface area (Å²) in [5.74, 6) is -0.101. The zero-order valence-electron chi connectivity index (χ0n) is 13.5. The quantitative estimate of drug-likeness (QED) is 0.740. The van der Waals surface area contributed by atoms with Crippen LogP contribution in [0.2, 0.25) is 0 Å². The molecule has 3 rings (SSSR count). The molecule has 2 aromatic rings. The number of carbonyl (C=O) groups is 1. The number of nitrogens with one attached hydrogen (secondary N) is 2. The lowest BCUT2D eigenvalue weighted by molar-refractivity contribution is 0.0663. The first-order valence-corrected chi connectivity index (χ1v) is 8.57. The Balaban J connectivity index is 1.79. The van der Waals surface area contributed by atoms with E-state index in [2.05, 4.69) is 10.3 Å². The van der Waals surface area contributed by atoms with Crippen LogP contribution in [0.5, 0.6) is 0 Å². The van der Waals surface area contributed by atoms with E-state index in [0.29, 0.717) is 27.8 Å². The van der Waals surface area contributed by atoms with Crippen molar-refractivity contribution in [2.75, 3.05) is 6.54 Å². The molecule has 6 nitrogen and oxygen atoms in total. The molecule has 24 heavy (non-hydrogen) atoms. The van der Waals surface area contributed by atoms with Crippen LogP contribution in [0.1, 0.15) is 36.0 Å². The highest BCUT2D eigenvalue weighted by Crippen LogP contribution is 2.23. The molecule has 0 aliphatic heterocycles. The van der Waals surface area contributed by atoms with E-state index in [1.54, 1.807) is 25.2 Å². The fourth-order valence-electron chi connectivity index (χ4n) is 3.20. The minimum absolute atomic E-state index is 0.112. The third kappa shape index (κ3) is 3.27. The minimum Gasteiger partial charge on any atom is -0.393 e. The number of hydrogen-bond acceptors (Lipinski definition) is 4. The van der Waals surface area contributed by atoms with Gasteiger partial charge in [-0.05, 0) is 43.3 Å². The molecular formula is C17H21N3O3S. The van der Waals surface area contributed by atoms with Crippen LogP contribution in [0.4, 0.5) is 0 Å². The molecule has 0 radical (unpaired) electrons. The molecule has 1 aromatic carbocycles. The topological polar surface area (TPSA) is 87.1 Å². The van der Waals surface area contributed by atoms with Crippen molar-refractivity contribution in [2.24, 2.45) is 13.0 Å². The van der Waals surface area contributed by atoms with Crippen LogP contribution in [0.3, 0.4) is 0 Å². The summed E-state index contributed by atoms with van der Waals surface area (Å²) in [4.78, 5) is 27.5. The maximum atomic E-state index is 12.4. The third-order valence-corrected chi connectivity index (χ3v) is 5.13.